The van der Waals surface area contributed by atoms with Crippen LogP contribution < -0.4 is 9.47 Å². The maximum atomic E-state index is 11.5. The number of rotatable bonds is 2. The minimum absolute atomic E-state index is 0.0370. The summed E-state index contributed by atoms with van der Waals surface area (Å²) in [6, 6.07) is 12.2. The molecule has 0 spiro atoms. The van der Waals surface area contributed by atoms with Crippen LogP contribution in [0.4, 0.5) is 5.69 Å². The van der Waals surface area contributed by atoms with Crippen LogP contribution in [0, 0.1) is 23.0 Å². The molecule has 3 heterocycles. The van der Waals surface area contributed by atoms with Gasteiger partial charge in [0.05, 0.1) is 22.9 Å². The van der Waals surface area contributed by atoms with Crippen molar-refractivity contribution >= 4 is 17.3 Å². The van der Waals surface area contributed by atoms with Crippen LogP contribution in [0.3, 0.4) is 0 Å². The van der Waals surface area contributed by atoms with Crippen LogP contribution in [0.2, 0.25) is 5.02 Å². The fraction of sp³-hybridized carbons (Fsp3) is 0.348. The third-order valence-electron chi connectivity index (χ3n) is 6.62. The van der Waals surface area contributed by atoms with Crippen LogP contribution in [0.5, 0.6) is 11.6 Å². The zero-order valence-electron chi connectivity index (χ0n) is 17.7. The van der Waals surface area contributed by atoms with Gasteiger partial charge in [-0.2, -0.15) is 5.10 Å². The van der Waals surface area contributed by atoms with Gasteiger partial charge in [-0.05, 0) is 45.0 Å². The molecule has 0 aliphatic carbocycles. The number of benzene rings is 2. The molecule has 0 saturated heterocycles. The van der Waals surface area contributed by atoms with E-state index in [4.69, 9.17) is 26.2 Å². The third-order valence-corrected chi connectivity index (χ3v) is 6.86. The number of non-ortho nitro benzene ring substituents is 1. The number of nitro benzene ring substituents is 1. The molecule has 5 rings (SSSR count). The number of hydrogen-bond acceptors (Lipinski definition) is 5. The maximum absolute atomic E-state index is 11.5. The van der Waals surface area contributed by atoms with E-state index in [-0.39, 0.29) is 16.5 Å². The number of nitro groups is 1. The molecule has 3 aromatic rings. The Morgan fingerprint density at radius 2 is 2.00 bits per heavy atom. The molecule has 1 aromatic heterocycles. The number of aromatic nitrogens is 2. The van der Waals surface area contributed by atoms with Crippen molar-refractivity contribution < 1.29 is 14.4 Å². The number of halogens is 1. The Hall–Kier alpha value is -3.06. The maximum Gasteiger partial charge on any atom is 0.270 e. The van der Waals surface area contributed by atoms with E-state index in [0.29, 0.717) is 23.3 Å². The number of fused-ring (bicyclic) bond motifs is 5. The Labute approximate surface area is 184 Å². The predicted molar refractivity (Wildman–Crippen MR) is 117 cm³/mol. The van der Waals surface area contributed by atoms with Gasteiger partial charge in [-0.25, -0.2) is 4.68 Å². The Kier molecular flexibility index (Phi) is 4.15. The van der Waals surface area contributed by atoms with Gasteiger partial charge in [0, 0.05) is 39.6 Å². The summed E-state index contributed by atoms with van der Waals surface area (Å²) in [4.78, 5) is 11.1. The lowest BCUT2D eigenvalue weighted by molar-refractivity contribution is -0.385. The summed E-state index contributed by atoms with van der Waals surface area (Å²) in [5.41, 5.74) is 2.14. The van der Waals surface area contributed by atoms with Crippen molar-refractivity contribution in [3.8, 4) is 17.3 Å². The number of aryl methyl sites for hydroxylation is 1. The van der Waals surface area contributed by atoms with Gasteiger partial charge in [0.2, 0.25) is 5.88 Å². The number of hydrogen-bond donors (Lipinski definition) is 0. The van der Waals surface area contributed by atoms with Gasteiger partial charge in [0.15, 0.2) is 0 Å². The van der Waals surface area contributed by atoms with Crippen LogP contribution in [0.25, 0.3) is 5.69 Å². The quantitative estimate of drug-likeness (QED) is 0.403. The van der Waals surface area contributed by atoms with Gasteiger partial charge >= 0.3 is 0 Å². The molecule has 0 bridgehead atoms. The van der Waals surface area contributed by atoms with Crippen LogP contribution in [-0.4, -0.2) is 26.9 Å². The Balaban J connectivity index is 1.81. The standard InChI is InChI=1S/C23H22ClN3O4/c1-13-20-21(26(25-13)15-7-5-6-14(24)10-15)31-22(2,3)19-12-30-18-9-8-16(27(28)29)11-17(18)23(19,20)4/h5-11,19H,12H2,1-4H3/t19-,23-/m1/s1. The molecule has 2 aliphatic heterocycles. The molecule has 31 heavy (non-hydrogen) atoms. The van der Waals surface area contributed by atoms with Crippen molar-refractivity contribution in [3.63, 3.8) is 0 Å². The second-order valence-electron chi connectivity index (χ2n) is 8.87. The Morgan fingerprint density at radius 1 is 1.23 bits per heavy atom. The van der Waals surface area contributed by atoms with Gasteiger partial charge in [-0.3, -0.25) is 10.1 Å². The molecular formula is C23H22ClN3O4. The van der Waals surface area contributed by atoms with Crippen LogP contribution in [-0.2, 0) is 5.41 Å². The fourth-order valence-electron chi connectivity index (χ4n) is 5.20. The summed E-state index contributed by atoms with van der Waals surface area (Å²) in [5.74, 6) is 1.21. The van der Waals surface area contributed by atoms with E-state index in [0.717, 1.165) is 22.5 Å². The molecule has 8 heteroatoms. The molecule has 0 unspecified atom stereocenters. The number of ether oxygens (including phenoxy) is 2. The minimum atomic E-state index is -0.604. The molecule has 7 nitrogen and oxygen atoms in total. The van der Waals surface area contributed by atoms with Gasteiger partial charge in [-0.15, -0.1) is 0 Å². The lowest BCUT2D eigenvalue weighted by atomic mass is 9.59. The number of nitrogens with zero attached hydrogens (tertiary/aromatic N) is 3. The monoisotopic (exact) mass is 439 g/mol. The summed E-state index contributed by atoms with van der Waals surface area (Å²) < 4.78 is 14.3. The summed E-state index contributed by atoms with van der Waals surface area (Å²) in [6.07, 6.45) is 0. The first-order valence-corrected chi connectivity index (χ1v) is 10.5. The topological polar surface area (TPSA) is 79.4 Å². The average Bonchev–Trinajstić information content (AvgIpc) is 3.03. The highest BCUT2D eigenvalue weighted by Crippen LogP contribution is 2.58. The first-order valence-electron chi connectivity index (χ1n) is 10.1. The smallest absolute Gasteiger partial charge is 0.270 e. The Bertz CT molecular complexity index is 1240. The van der Waals surface area contributed by atoms with Crippen molar-refractivity contribution in [2.75, 3.05) is 6.61 Å². The van der Waals surface area contributed by atoms with Gasteiger partial charge in [0.1, 0.15) is 11.4 Å². The molecule has 0 amide bonds. The molecule has 0 N–H and O–H groups in total. The SMILES string of the molecule is Cc1nn(-c2cccc(Cl)c2)c2c1[C@]1(C)c3cc([N+](=O)[O-])ccc3OC[C@@H]1C(C)(C)O2. The van der Waals surface area contributed by atoms with Gasteiger partial charge in [0.25, 0.3) is 5.69 Å². The van der Waals surface area contributed by atoms with Crippen LogP contribution in [0.15, 0.2) is 42.5 Å². The summed E-state index contributed by atoms with van der Waals surface area (Å²) in [6.45, 7) is 8.54. The van der Waals surface area contributed by atoms with E-state index in [9.17, 15) is 10.1 Å². The van der Waals surface area contributed by atoms with Crippen molar-refractivity contribution in [1.29, 1.82) is 0 Å². The molecule has 0 saturated carbocycles. The van der Waals surface area contributed by atoms with Crippen molar-refractivity contribution in [1.82, 2.24) is 9.78 Å². The molecule has 0 fully saturated rings. The fourth-order valence-corrected chi connectivity index (χ4v) is 5.38. The normalized spacial score (nSPS) is 23.1. The molecule has 2 atom stereocenters. The lowest BCUT2D eigenvalue weighted by Crippen LogP contribution is -2.57. The second-order valence-corrected chi connectivity index (χ2v) is 9.30. The highest BCUT2D eigenvalue weighted by Gasteiger charge is 2.58. The molecule has 2 aliphatic rings. The minimum Gasteiger partial charge on any atom is -0.493 e. The van der Waals surface area contributed by atoms with E-state index in [1.807, 2.05) is 45.0 Å². The summed E-state index contributed by atoms with van der Waals surface area (Å²) in [5, 5.41) is 16.9. The summed E-state index contributed by atoms with van der Waals surface area (Å²) >= 11 is 6.23. The van der Waals surface area contributed by atoms with E-state index in [1.165, 1.54) is 6.07 Å². The van der Waals surface area contributed by atoms with Gasteiger partial charge in [-0.1, -0.05) is 24.6 Å². The van der Waals surface area contributed by atoms with Gasteiger partial charge < -0.3 is 9.47 Å². The summed E-state index contributed by atoms with van der Waals surface area (Å²) in [7, 11) is 0. The highest BCUT2D eigenvalue weighted by molar-refractivity contribution is 6.30. The van der Waals surface area contributed by atoms with Crippen molar-refractivity contribution in [2.45, 2.75) is 38.7 Å². The van der Waals surface area contributed by atoms with Crippen LogP contribution >= 0.6 is 11.6 Å². The highest BCUT2D eigenvalue weighted by atomic mass is 35.5. The van der Waals surface area contributed by atoms with Crippen molar-refractivity contribution in [3.05, 3.63) is 74.4 Å². The van der Waals surface area contributed by atoms with E-state index in [2.05, 4.69) is 6.92 Å². The molecule has 0 radical (unpaired) electrons. The molecule has 2 aromatic carbocycles. The molecular weight excluding hydrogens is 418 g/mol. The second kappa shape index (κ2) is 6.47. The zero-order valence-corrected chi connectivity index (χ0v) is 18.4. The van der Waals surface area contributed by atoms with E-state index in [1.54, 1.807) is 16.8 Å². The average molecular weight is 440 g/mol. The predicted octanol–water partition coefficient (Wildman–Crippen LogP) is 5.23. The van der Waals surface area contributed by atoms with Crippen molar-refractivity contribution in [2.24, 2.45) is 5.92 Å². The van der Waals surface area contributed by atoms with E-state index < -0.39 is 11.0 Å². The van der Waals surface area contributed by atoms with E-state index >= 15 is 0 Å². The Morgan fingerprint density at radius 3 is 2.71 bits per heavy atom. The first-order chi connectivity index (χ1) is 14.6. The molecule has 160 valence electrons. The third kappa shape index (κ3) is 2.76. The zero-order chi connectivity index (χ0) is 22.1. The largest absolute Gasteiger partial charge is 0.493 e. The first kappa shape index (κ1) is 19.9. The lowest BCUT2D eigenvalue weighted by Gasteiger charge is -2.52. The van der Waals surface area contributed by atoms with Crippen LogP contribution in [0.1, 0.15) is 37.6 Å².